The molecule has 2 amide bonds. The predicted octanol–water partition coefficient (Wildman–Crippen LogP) is 1.70. The number of hydrogen-bond acceptors (Lipinski definition) is 6. The molecular weight excluding hydrogens is 409 g/mol. The quantitative estimate of drug-likeness (QED) is 0.674. The Hall–Kier alpha value is -2.63. The maximum atomic E-state index is 12.6. The summed E-state index contributed by atoms with van der Waals surface area (Å²) < 4.78 is 39.4. The number of rotatable bonds is 5. The number of thioether (sulfide) groups is 1. The summed E-state index contributed by atoms with van der Waals surface area (Å²) in [6.07, 6.45) is -4.11. The summed E-state index contributed by atoms with van der Waals surface area (Å²) in [4.78, 5) is 28.1. The number of tetrazole rings is 1. The molecule has 0 N–H and O–H groups in total. The van der Waals surface area contributed by atoms with Crippen LogP contribution >= 0.6 is 11.8 Å². The fourth-order valence-electron chi connectivity index (χ4n) is 2.87. The minimum absolute atomic E-state index is 0.0192. The van der Waals surface area contributed by atoms with E-state index in [0.717, 1.165) is 12.1 Å². The highest BCUT2D eigenvalue weighted by atomic mass is 32.2. The number of piperazine rings is 1. The van der Waals surface area contributed by atoms with Gasteiger partial charge < -0.3 is 9.80 Å². The van der Waals surface area contributed by atoms with E-state index in [4.69, 9.17) is 0 Å². The summed E-state index contributed by atoms with van der Waals surface area (Å²) in [6, 6.07) is 4.16. The average Bonchev–Trinajstić information content (AvgIpc) is 3.11. The molecule has 3 rings (SSSR count). The van der Waals surface area contributed by atoms with Gasteiger partial charge in [0.25, 0.3) is 5.91 Å². The lowest BCUT2D eigenvalue weighted by Gasteiger charge is -2.35. The van der Waals surface area contributed by atoms with E-state index in [1.165, 1.54) is 28.6 Å². The van der Waals surface area contributed by atoms with Crippen molar-refractivity contribution in [3.8, 4) is 0 Å². The van der Waals surface area contributed by atoms with Crippen molar-refractivity contribution in [2.24, 2.45) is 7.05 Å². The zero-order valence-corrected chi connectivity index (χ0v) is 16.4. The molecule has 1 aromatic carbocycles. The number of hydrogen-bond donors (Lipinski definition) is 0. The van der Waals surface area contributed by atoms with Crippen LogP contribution < -0.4 is 0 Å². The highest BCUT2D eigenvalue weighted by Crippen LogP contribution is 2.29. The SMILES string of the molecule is Cn1nnnc1SCCC(=O)N1CCN(C(=O)c2ccc(C(F)(F)F)cc2)CC1. The van der Waals surface area contributed by atoms with Gasteiger partial charge in [0.2, 0.25) is 11.1 Å². The van der Waals surface area contributed by atoms with Gasteiger partial charge in [-0.15, -0.1) is 5.10 Å². The van der Waals surface area contributed by atoms with E-state index in [-0.39, 0.29) is 17.4 Å². The molecule has 12 heteroatoms. The van der Waals surface area contributed by atoms with Gasteiger partial charge in [0.1, 0.15) is 0 Å². The number of halogens is 3. The van der Waals surface area contributed by atoms with Crippen LogP contribution in [0.25, 0.3) is 0 Å². The van der Waals surface area contributed by atoms with Gasteiger partial charge in [0.15, 0.2) is 0 Å². The van der Waals surface area contributed by atoms with Crippen molar-refractivity contribution < 1.29 is 22.8 Å². The third kappa shape index (κ3) is 5.25. The van der Waals surface area contributed by atoms with Gasteiger partial charge in [-0.25, -0.2) is 4.68 Å². The van der Waals surface area contributed by atoms with E-state index in [1.54, 1.807) is 16.8 Å². The van der Waals surface area contributed by atoms with Gasteiger partial charge in [-0.05, 0) is 34.7 Å². The second-order valence-corrected chi connectivity index (χ2v) is 7.49. The number of nitrogens with zero attached hydrogens (tertiary/aromatic N) is 6. The Morgan fingerprint density at radius 2 is 1.69 bits per heavy atom. The van der Waals surface area contributed by atoms with Crippen molar-refractivity contribution >= 4 is 23.6 Å². The molecule has 0 radical (unpaired) electrons. The van der Waals surface area contributed by atoms with E-state index in [0.29, 0.717) is 43.5 Å². The van der Waals surface area contributed by atoms with Gasteiger partial charge in [-0.2, -0.15) is 13.2 Å². The number of carbonyl (C=O) groups is 2. The van der Waals surface area contributed by atoms with Gasteiger partial charge in [-0.3, -0.25) is 9.59 Å². The first-order valence-electron chi connectivity index (χ1n) is 8.85. The molecule has 1 aliphatic heterocycles. The number of benzene rings is 1. The smallest absolute Gasteiger partial charge is 0.339 e. The average molecular weight is 428 g/mol. The molecule has 1 aromatic heterocycles. The molecule has 0 atom stereocenters. The summed E-state index contributed by atoms with van der Waals surface area (Å²) in [5, 5.41) is 11.7. The number of alkyl halides is 3. The summed E-state index contributed by atoms with van der Waals surface area (Å²) >= 11 is 1.39. The molecule has 1 saturated heterocycles. The molecule has 1 fully saturated rings. The van der Waals surface area contributed by atoms with Crippen LogP contribution in [0.1, 0.15) is 22.3 Å². The van der Waals surface area contributed by atoms with Gasteiger partial charge in [0, 0.05) is 51.0 Å². The molecule has 0 unspecified atom stereocenters. The molecule has 2 aromatic rings. The first kappa shape index (κ1) is 21.1. The molecule has 8 nitrogen and oxygen atoms in total. The molecule has 0 saturated carbocycles. The van der Waals surface area contributed by atoms with Crippen LogP contribution in [0.4, 0.5) is 13.2 Å². The molecule has 156 valence electrons. The molecule has 0 aliphatic carbocycles. The van der Waals surface area contributed by atoms with E-state index in [1.807, 2.05) is 0 Å². The largest absolute Gasteiger partial charge is 0.416 e. The van der Waals surface area contributed by atoms with Crippen LogP contribution in [-0.2, 0) is 18.0 Å². The molecule has 0 bridgehead atoms. The Balaban J connectivity index is 1.46. The van der Waals surface area contributed by atoms with Crippen molar-refractivity contribution in [2.45, 2.75) is 17.8 Å². The molecule has 1 aliphatic rings. The predicted molar refractivity (Wildman–Crippen MR) is 98.1 cm³/mol. The van der Waals surface area contributed by atoms with Crippen molar-refractivity contribution in [3.05, 3.63) is 35.4 Å². The highest BCUT2D eigenvalue weighted by molar-refractivity contribution is 7.99. The van der Waals surface area contributed by atoms with Crippen LogP contribution in [0.5, 0.6) is 0 Å². The first-order valence-corrected chi connectivity index (χ1v) is 9.84. The Morgan fingerprint density at radius 1 is 1.07 bits per heavy atom. The summed E-state index contributed by atoms with van der Waals surface area (Å²) in [5.74, 6) is 0.183. The van der Waals surface area contributed by atoms with Crippen LogP contribution in [0.3, 0.4) is 0 Å². The zero-order chi connectivity index (χ0) is 21.0. The second-order valence-electron chi connectivity index (χ2n) is 6.43. The number of carbonyl (C=O) groups excluding carboxylic acids is 2. The van der Waals surface area contributed by atoms with Gasteiger partial charge in [-0.1, -0.05) is 11.8 Å². The maximum Gasteiger partial charge on any atom is 0.416 e. The Labute approximate surface area is 169 Å². The first-order chi connectivity index (χ1) is 13.8. The van der Waals surface area contributed by atoms with Crippen molar-refractivity contribution in [3.63, 3.8) is 0 Å². The van der Waals surface area contributed by atoms with Crippen LogP contribution in [0.15, 0.2) is 29.4 Å². The Morgan fingerprint density at radius 3 is 2.24 bits per heavy atom. The minimum Gasteiger partial charge on any atom is -0.339 e. The highest BCUT2D eigenvalue weighted by Gasteiger charge is 2.31. The third-order valence-corrected chi connectivity index (χ3v) is 5.52. The van der Waals surface area contributed by atoms with Crippen molar-refractivity contribution in [1.82, 2.24) is 30.0 Å². The van der Waals surface area contributed by atoms with Crippen LogP contribution in [0, 0.1) is 0 Å². The van der Waals surface area contributed by atoms with E-state index < -0.39 is 11.7 Å². The second kappa shape index (κ2) is 8.80. The fraction of sp³-hybridized carbons (Fsp3) is 0.471. The van der Waals surface area contributed by atoms with Gasteiger partial charge in [0.05, 0.1) is 5.56 Å². The molecule has 0 spiro atoms. The number of aryl methyl sites for hydroxylation is 1. The van der Waals surface area contributed by atoms with Crippen LogP contribution in [0.2, 0.25) is 0 Å². The van der Waals surface area contributed by atoms with Crippen LogP contribution in [-0.4, -0.2) is 73.8 Å². The van der Waals surface area contributed by atoms with E-state index in [9.17, 15) is 22.8 Å². The minimum atomic E-state index is -4.44. The van der Waals surface area contributed by atoms with E-state index in [2.05, 4.69) is 15.5 Å². The standard InChI is InChI=1S/C17H19F3N6O2S/c1-24-16(21-22-23-24)29-11-6-14(27)25-7-9-26(10-8-25)15(28)12-2-4-13(5-3-12)17(18,19)20/h2-5H,6-11H2,1H3. The number of amides is 2. The lowest BCUT2D eigenvalue weighted by Crippen LogP contribution is -2.50. The monoisotopic (exact) mass is 428 g/mol. The summed E-state index contributed by atoms with van der Waals surface area (Å²) in [7, 11) is 1.72. The molecular formula is C17H19F3N6O2S. The van der Waals surface area contributed by atoms with E-state index >= 15 is 0 Å². The van der Waals surface area contributed by atoms with Crippen molar-refractivity contribution in [2.75, 3.05) is 31.9 Å². The molecule has 2 heterocycles. The lowest BCUT2D eigenvalue weighted by atomic mass is 10.1. The fourth-order valence-corrected chi connectivity index (χ4v) is 3.65. The maximum absolute atomic E-state index is 12.6. The number of aromatic nitrogens is 4. The lowest BCUT2D eigenvalue weighted by molar-refractivity contribution is -0.137. The van der Waals surface area contributed by atoms with Crippen molar-refractivity contribution in [1.29, 1.82) is 0 Å². The summed E-state index contributed by atoms with van der Waals surface area (Å²) in [5.41, 5.74) is -0.592. The summed E-state index contributed by atoms with van der Waals surface area (Å²) in [6.45, 7) is 1.46. The topological polar surface area (TPSA) is 84.2 Å². The Bertz CT molecular complexity index is 863. The van der Waals surface area contributed by atoms with Gasteiger partial charge >= 0.3 is 6.18 Å². The molecule has 29 heavy (non-hydrogen) atoms. The normalized spacial score (nSPS) is 14.9. The third-order valence-electron chi connectivity index (χ3n) is 4.51. The Kier molecular flexibility index (Phi) is 6.40. The zero-order valence-electron chi connectivity index (χ0n) is 15.6.